The number of hydrogen-bond acceptors (Lipinski definition) is 1. The van der Waals surface area contributed by atoms with Crippen LogP contribution in [0.2, 0.25) is 0 Å². The lowest BCUT2D eigenvalue weighted by molar-refractivity contribution is 0.737. The second kappa shape index (κ2) is 4.25. The van der Waals surface area contributed by atoms with Crippen molar-refractivity contribution in [3.63, 3.8) is 0 Å². The summed E-state index contributed by atoms with van der Waals surface area (Å²) in [6.45, 7) is 8.76. The molecule has 1 unspecified atom stereocenters. The van der Waals surface area contributed by atoms with Gasteiger partial charge in [-0.15, -0.1) is 0 Å². The van der Waals surface area contributed by atoms with Crippen molar-refractivity contribution in [3.8, 4) is 0 Å². The lowest BCUT2D eigenvalue weighted by Gasteiger charge is -2.13. The molecule has 0 aliphatic rings. The van der Waals surface area contributed by atoms with E-state index in [1.54, 1.807) is 0 Å². The Labute approximate surface area is 97.5 Å². The fraction of sp³-hybridized carbons (Fsp3) is 0.400. The molecule has 2 aromatic rings. The van der Waals surface area contributed by atoms with Gasteiger partial charge in [-0.2, -0.15) is 0 Å². The number of rotatable bonds is 2. The minimum Gasteiger partial charge on any atom is -0.256 e. The number of aromatic nitrogens is 1. The third kappa shape index (κ3) is 1.95. The summed E-state index contributed by atoms with van der Waals surface area (Å²) in [7, 11) is 0. The second-order valence-corrected chi connectivity index (χ2v) is 4.75. The van der Waals surface area contributed by atoms with Crippen molar-refractivity contribution in [2.45, 2.75) is 40.0 Å². The van der Waals surface area contributed by atoms with Crippen LogP contribution in [0.25, 0.3) is 10.9 Å². The molecule has 1 atom stereocenters. The van der Waals surface area contributed by atoms with Crippen molar-refractivity contribution in [2.75, 3.05) is 0 Å². The minimum absolute atomic E-state index is 0.581. The van der Waals surface area contributed by atoms with Crippen molar-refractivity contribution in [3.05, 3.63) is 41.1 Å². The zero-order chi connectivity index (χ0) is 11.7. The Morgan fingerprint density at radius 3 is 2.50 bits per heavy atom. The Hall–Kier alpha value is -1.37. The molecule has 1 nitrogen and oxygen atoms in total. The molecule has 2 rings (SSSR count). The van der Waals surface area contributed by atoms with E-state index in [0.717, 1.165) is 6.42 Å². The van der Waals surface area contributed by atoms with Crippen LogP contribution in [-0.2, 0) is 0 Å². The molecule has 84 valence electrons. The first-order valence-electron chi connectivity index (χ1n) is 5.98. The summed E-state index contributed by atoms with van der Waals surface area (Å²) in [5.41, 5.74) is 5.12. The van der Waals surface area contributed by atoms with Gasteiger partial charge >= 0.3 is 0 Å². The summed E-state index contributed by atoms with van der Waals surface area (Å²) < 4.78 is 0. The topological polar surface area (TPSA) is 12.9 Å². The minimum atomic E-state index is 0.581. The Kier molecular flexibility index (Phi) is 2.95. The quantitative estimate of drug-likeness (QED) is 0.722. The summed E-state index contributed by atoms with van der Waals surface area (Å²) in [6, 6.07) is 6.72. The van der Waals surface area contributed by atoms with Crippen LogP contribution in [0.3, 0.4) is 0 Å². The predicted octanol–water partition coefficient (Wildman–Crippen LogP) is 4.37. The van der Waals surface area contributed by atoms with Crippen LogP contribution in [0.15, 0.2) is 24.4 Å². The molecule has 0 saturated heterocycles. The van der Waals surface area contributed by atoms with Crippen LogP contribution < -0.4 is 0 Å². The molecule has 0 radical (unpaired) electrons. The monoisotopic (exact) mass is 213 g/mol. The van der Waals surface area contributed by atoms with Gasteiger partial charge in [0.1, 0.15) is 0 Å². The summed E-state index contributed by atoms with van der Waals surface area (Å²) >= 11 is 0. The highest BCUT2D eigenvalue weighted by atomic mass is 14.7. The largest absolute Gasteiger partial charge is 0.256 e. The van der Waals surface area contributed by atoms with Gasteiger partial charge in [0.15, 0.2) is 0 Å². The van der Waals surface area contributed by atoms with Crippen molar-refractivity contribution >= 4 is 10.9 Å². The van der Waals surface area contributed by atoms with E-state index in [4.69, 9.17) is 0 Å². The van der Waals surface area contributed by atoms with Crippen molar-refractivity contribution < 1.29 is 0 Å². The van der Waals surface area contributed by atoms with E-state index in [1.807, 2.05) is 6.20 Å². The fourth-order valence-corrected chi connectivity index (χ4v) is 2.14. The predicted molar refractivity (Wildman–Crippen MR) is 69.9 cm³/mol. The van der Waals surface area contributed by atoms with Gasteiger partial charge < -0.3 is 0 Å². The van der Waals surface area contributed by atoms with E-state index < -0.39 is 0 Å². The molecule has 1 heteroatoms. The maximum atomic E-state index is 4.59. The average molecular weight is 213 g/mol. The van der Waals surface area contributed by atoms with Crippen LogP contribution in [0, 0.1) is 13.8 Å². The normalized spacial score (nSPS) is 13.0. The number of hydrogen-bond donors (Lipinski definition) is 0. The van der Waals surface area contributed by atoms with Crippen molar-refractivity contribution in [1.29, 1.82) is 0 Å². The molecule has 0 bridgehead atoms. The molecule has 1 aromatic heterocycles. The lowest BCUT2D eigenvalue weighted by atomic mass is 9.94. The van der Waals surface area contributed by atoms with Crippen molar-refractivity contribution in [1.82, 2.24) is 4.98 Å². The highest BCUT2D eigenvalue weighted by molar-refractivity contribution is 5.83. The van der Waals surface area contributed by atoms with Gasteiger partial charge in [-0.05, 0) is 49.4 Å². The van der Waals surface area contributed by atoms with E-state index >= 15 is 0 Å². The third-order valence-electron chi connectivity index (χ3n) is 3.24. The molecular formula is C15H19N. The van der Waals surface area contributed by atoms with Gasteiger partial charge in [0, 0.05) is 11.6 Å². The molecular weight excluding hydrogens is 194 g/mol. The smallest absolute Gasteiger partial charge is 0.0737 e. The maximum absolute atomic E-state index is 4.59. The molecule has 0 amide bonds. The van der Waals surface area contributed by atoms with Gasteiger partial charge in [0.2, 0.25) is 0 Å². The Morgan fingerprint density at radius 2 is 1.81 bits per heavy atom. The highest BCUT2D eigenvalue weighted by Gasteiger charge is 2.09. The number of nitrogens with zero attached hydrogens (tertiary/aromatic N) is 1. The summed E-state index contributed by atoms with van der Waals surface area (Å²) in [4.78, 5) is 4.59. The first kappa shape index (κ1) is 11.1. The molecule has 1 aromatic carbocycles. The van der Waals surface area contributed by atoms with Crippen LogP contribution >= 0.6 is 0 Å². The first-order chi connectivity index (χ1) is 7.61. The average Bonchev–Trinajstić information content (AvgIpc) is 2.26. The number of benzene rings is 1. The van der Waals surface area contributed by atoms with E-state index in [2.05, 4.69) is 50.9 Å². The Bertz CT molecular complexity index is 509. The van der Waals surface area contributed by atoms with Gasteiger partial charge in [-0.1, -0.05) is 25.5 Å². The van der Waals surface area contributed by atoms with Crippen LogP contribution in [0.5, 0.6) is 0 Å². The summed E-state index contributed by atoms with van der Waals surface area (Å²) in [6.07, 6.45) is 3.12. The van der Waals surface area contributed by atoms with Crippen LogP contribution in [-0.4, -0.2) is 4.98 Å². The summed E-state index contributed by atoms with van der Waals surface area (Å²) in [5, 5.41) is 1.27. The molecule has 0 saturated carbocycles. The number of fused-ring (bicyclic) bond motifs is 1. The van der Waals surface area contributed by atoms with Gasteiger partial charge in [0.05, 0.1) is 5.52 Å². The maximum Gasteiger partial charge on any atom is 0.0737 e. The molecule has 0 fully saturated rings. The van der Waals surface area contributed by atoms with E-state index in [0.29, 0.717) is 5.92 Å². The van der Waals surface area contributed by atoms with Crippen LogP contribution in [0.4, 0.5) is 0 Å². The van der Waals surface area contributed by atoms with Gasteiger partial charge in [-0.3, -0.25) is 4.98 Å². The van der Waals surface area contributed by atoms with E-state index in [-0.39, 0.29) is 0 Å². The third-order valence-corrected chi connectivity index (χ3v) is 3.24. The Balaban J connectivity index is 2.72. The zero-order valence-corrected chi connectivity index (χ0v) is 10.5. The number of pyridine rings is 1. The highest BCUT2D eigenvalue weighted by Crippen LogP contribution is 2.27. The molecule has 0 aliphatic heterocycles. The molecule has 0 aliphatic carbocycles. The number of aryl methyl sites for hydroxylation is 2. The fourth-order valence-electron chi connectivity index (χ4n) is 2.14. The summed E-state index contributed by atoms with van der Waals surface area (Å²) in [5.74, 6) is 0.581. The second-order valence-electron chi connectivity index (χ2n) is 4.75. The van der Waals surface area contributed by atoms with Gasteiger partial charge in [-0.25, -0.2) is 0 Å². The Morgan fingerprint density at radius 1 is 1.12 bits per heavy atom. The molecule has 0 spiro atoms. The van der Waals surface area contributed by atoms with Crippen LogP contribution in [0.1, 0.15) is 42.9 Å². The van der Waals surface area contributed by atoms with Gasteiger partial charge in [0.25, 0.3) is 0 Å². The molecule has 1 heterocycles. The SMILES string of the molecule is CCC(C)c1cc(C)cc2cc(C)cnc12. The van der Waals surface area contributed by atoms with E-state index in [1.165, 1.54) is 27.6 Å². The van der Waals surface area contributed by atoms with Crippen molar-refractivity contribution in [2.24, 2.45) is 0 Å². The zero-order valence-electron chi connectivity index (χ0n) is 10.5. The lowest BCUT2D eigenvalue weighted by Crippen LogP contribution is -1.96. The molecule has 16 heavy (non-hydrogen) atoms. The van der Waals surface area contributed by atoms with E-state index in [9.17, 15) is 0 Å². The molecule has 0 N–H and O–H groups in total. The first-order valence-corrected chi connectivity index (χ1v) is 5.98. The standard InChI is InChI=1S/C15H19N/c1-5-12(4)14-8-10(2)6-13-7-11(3)9-16-15(13)14/h6-9,12H,5H2,1-4H3.